The Labute approximate surface area is 153 Å². The molecule has 3 rings (SSSR count). The second-order valence-electron chi connectivity index (χ2n) is 6.53. The van der Waals surface area contributed by atoms with Gasteiger partial charge < -0.3 is 24.8 Å². The summed E-state index contributed by atoms with van der Waals surface area (Å²) in [6, 6.07) is 4.58. The van der Waals surface area contributed by atoms with Gasteiger partial charge in [-0.15, -0.1) is 13.2 Å². The molecule has 0 radical (unpaired) electrons. The molecule has 7 nitrogen and oxygen atoms in total. The predicted octanol–water partition coefficient (Wildman–Crippen LogP) is 2.53. The number of alkyl halides is 3. The number of benzene rings is 1. The molecule has 0 spiro atoms. The Balaban J connectivity index is 1.70. The highest BCUT2D eigenvalue weighted by Crippen LogP contribution is 2.42. The van der Waals surface area contributed by atoms with Crippen molar-refractivity contribution in [3.63, 3.8) is 0 Å². The molecule has 1 saturated heterocycles. The van der Waals surface area contributed by atoms with Crippen LogP contribution in [0.15, 0.2) is 24.3 Å². The predicted molar refractivity (Wildman–Crippen MR) is 86.1 cm³/mol. The van der Waals surface area contributed by atoms with Crippen LogP contribution < -0.4 is 10.1 Å². The van der Waals surface area contributed by atoms with Crippen LogP contribution in [0.4, 0.5) is 18.0 Å². The Hall–Kier alpha value is -2.49. The van der Waals surface area contributed by atoms with E-state index in [1.165, 1.54) is 23.1 Å². The first-order chi connectivity index (χ1) is 12.7. The number of carbonyl (C=O) groups is 2. The van der Waals surface area contributed by atoms with Crippen molar-refractivity contribution in [3.8, 4) is 5.75 Å². The molecule has 148 valence electrons. The van der Waals surface area contributed by atoms with Gasteiger partial charge in [0.2, 0.25) is 0 Å². The maximum Gasteiger partial charge on any atom is 0.573 e. The summed E-state index contributed by atoms with van der Waals surface area (Å²) in [5, 5.41) is 11.8. The largest absolute Gasteiger partial charge is 0.573 e. The van der Waals surface area contributed by atoms with Gasteiger partial charge in [-0.2, -0.15) is 0 Å². The number of carboxylic acid groups (broad SMARTS) is 1. The summed E-state index contributed by atoms with van der Waals surface area (Å²) < 4.78 is 46.4. The number of hydrogen-bond acceptors (Lipinski definition) is 4. The smallest absolute Gasteiger partial charge is 0.479 e. The first-order valence-electron chi connectivity index (χ1n) is 8.48. The fourth-order valence-corrected chi connectivity index (χ4v) is 3.02. The minimum Gasteiger partial charge on any atom is -0.479 e. The number of nitrogens with one attached hydrogen (secondary N) is 1. The zero-order valence-electron chi connectivity index (χ0n) is 14.2. The SMILES string of the molecule is O=C(O)C1CN(C(=O)NC(c2cccc(OC(F)(F)F)c2)C2CC2)CCO1. The Bertz CT molecular complexity index is 708. The molecule has 2 fully saturated rings. The lowest BCUT2D eigenvalue weighted by Crippen LogP contribution is -2.52. The number of halogens is 3. The zero-order chi connectivity index (χ0) is 19.6. The Kier molecular flexibility index (Phi) is 5.45. The van der Waals surface area contributed by atoms with E-state index in [-0.39, 0.29) is 31.4 Å². The van der Waals surface area contributed by atoms with Crippen molar-refractivity contribution in [2.45, 2.75) is 31.3 Å². The molecule has 2 atom stereocenters. The fraction of sp³-hybridized carbons (Fsp3) is 0.529. The minimum absolute atomic E-state index is 0.0875. The van der Waals surface area contributed by atoms with Gasteiger partial charge in [-0.05, 0) is 36.5 Å². The summed E-state index contributed by atoms with van der Waals surface area (Å²) in [6.45, 7) is 0.257. The van der Waals surface area contributed by atoms with Crippen LogP contribution in [0.1, 0.15) is 24.4 Å². The van der Waals surface area contributed by atoms with Crippen molar-refractivity contribution in [1.82, 2.24) is 10.2 Å². The van der Waals surface area contributed by atoms with E-state index in [2.05, 4.69) is 10.1 Å². The Morgan fingerprint density at radius 1 is 1.33 bits per heavy atom. The highest BCUT2D eigenvalue weighted by atomic mass is 19.4. The number of hydrogen-bond donors (Lipinski definition) is 2. The number of carboxylic acids is 1. The van der Waals surface area contributed by atoms with E-state index in [0.717, 1.165) is 12.8 Å². The van der Waals surface area contributed by atoms with Gasteiger partial charge in [-0.25, -0.2) is 9.59 Å². The van der Waals surface area contributed by atoms with Gasteiger partial charge >= 0.3 is 18.4 Å². The summed E-state index contributed by atoms with van der Waals surface area (Å²) in [4.78, 5) is 24.9. The normalized spacial score (nSPS) is 21.4. The van der Waals surface area contributed by atoms with Crippen molar-refractivity contribution < 1.29 is 37.3 Å². The molecule has 10 heteroatoms. The maximum absolute atomic E-state index is 12.6. The molecular formula is C17H19F3N2O5. The average Bonchev–Trinajstić information content (AvgIpc) is 3.43. The van der Waals surface area contributed by atoms with Gasteiger partial charge in [0, 0.05) is 6.54 Å². The number of rotatable bonds is 5. The van der Waals surface area contributed by atoms with Gasteiger partial charge in [-0.1, -0.05) is 12.1 Å². The van der Waals surface area contributed by atoms with E-state index < -0.39 is 30.5 Å². The van der Waals surface area contributed by atoms with Crippen LogP contribution in [-0.4, -0.2) is 54.2 Å². The third kappa shape index (κ3) is 5.25. The quantitative estimate of drug-likeness (QED) is 0.809. The van der Waals surface area contributed by atoms with Gasteiger partial charge in [0.15, 0.2) is 6.10 Å². The van der Waals surface area contributed by atoms with Crippen molar-refractivity contribution in [2.24, 2.45) is 5.92 Å². The van der Waals surface area contributed by atoms with Crippen LogP contribution >= 0.6 is 0 Å². The van der Waals surface area contributed by atoms with Crippen LogP contribution in [0, 0.1) is 5.92 Å². The molecule has 1 aliphatic heterocycles. The molecule has 2 amide bonds. The highest BCUT2D eigenvalue weighted by molar-refractivity contribution is 5.77. The van der Waals surface area contributed by atoms with E-state index in [1.54, 1.807) is 6.07 Å². The molecule has 0 aromatic heterocycles. The van der Waals surface area contributed by atoms with Gasteiger partial charge in [0.05, 0.1) is 19.2 Å². The molecule has 1 aromatic rings. The summed E-state index contributed by atoms with van der Waals surface area (Å²) in [5.74, 6) is -1.38. The lowest BCUT2D eigenvalue weighted by atomic mass is 10.0. The minimum atomic E-state index is -4.80. The van der Waals surface area contributed by atoms with Crippen molar-refractivity contribution >= 4 is 12.0 Å². The van der Waals surface area contributed by atoms with E-state index in [1.807, 2.05) is 0 Å². The van der Waals surface area contributed by atoms with Crippen LogP contribution in [-0.2, 0) is 9.53 Å². The second-order valence-corrected chi connectivity index (χ2v) is 6.53. The van der Waals surface area contributed by atoms with Gasteiger partial charge in [-0.3, -0.25) is 0 Å². The summed E-state index contributed by atoms with van der Waals surface area (Å²) in [7, 11) is 0. The van der Waals surface area contributed by atoms with Crippen molar-refractivity contribution in [2.75, 3.05) is 19.7 Å². The third-order valence-electron chi connectivity index (χ3n) is 4.45. The number of ether oxygens (including phenoxy) is 2. The van der Waals surface area contributed by atoms with Crippen LogP contribution in [0.5, 0.6) is 5.75 Å². The van der Waals surface area contributed by atoms with E-state index in [4.69, 9.17) is 9.84 Å². The molecule has 2 unspecified atom stereocenters. The number of carbonyl (C=O) groups excluding carboxylic acids is 1. The molecule has 2 aliphatic rings. The topological polar surface area (TPSA) is 88.1 Å². The van der Waals surface area contributed by atoms with Crippen molar-refractivity contribution in [3.05, 3.63) is 29.8 Å². The molecule has 0 bridgehead atoms. The van der Waals surface area contributed by atoms with Gasteiger partial charge in [0.1, 0.15) is 5.75 Å². The lowest BCUT2D eigenvalue weighted by molar-refractivity contribution is -0.274. The zero-order valence-corrected chi connectivity index (χ0v) is 14.2. The van der Waals surface area contributed by atoms with E-state index >= 15 is 0 Å². The highest BCUT2D eigenvalue weighted by Gasteiger charge is 2.37. The summed E-state index contributed by atoms with van der Waals surface area (Å²) in [5.41, 5.74) is 0.510. The lowest BCUT2D eigenvalue weighted by Gasteiger charge is -2.32. The molecular weight excluding hydrogens is 369 g/mol. The van der Waals surface area contributed by atoms with Crippen LogP contribution in [0.3, 0.4) is 0 Å². The standard InChI is InChI=1S/C17H19F3N2O5/c18-17(19,20)27-12-3-1-2-11(8-12)14(10-4-5-10)21-16(25)22-6-7-26-13(9-22)15(23)24/h1-3,8,10,13-14H,4-7,9H2,(H,21,25)(H,23,24). The van der Waals surface area contributed by atoms with Crippen molar-refractivity contribution in [1.29, 1.82) is 0 Å². The molecule has 1 saturated carbocycles. The summed E-state index contributed by atoms with van der Waals surface area (Å²) in [6.07, 6.45) is -4.20. The molecule has 27 heavy (non-hydrogen) atoms. The van der Waals surface area contributed by atoms with E-state index in [9.17, 15) is 22.8 Å². The maximum atomic E-state index is 12.6. The van der Waals surface area contributed by atoms with Crippen LogP contribution in [0.25, 0.3) is 0 Å². The molecule has 1 heterocycles. The molecule has 2 N–H and O–H groups in total. The number of morpholine rings is 1. The van der Waals surface area contributed by atoms with Gasteiger partial charge in [0.25, 0.3) is 0 Å². The number of urea groups is 1. The Morgan fingerprint density at radius 3 is 2.70 bits per heavy atom. The molecule has 1 aromatic carbocycles. The molecule has 1 aliphatic carbocycles. The number of nitrogens with zero attached hydrogens (tertiary/aromatic N) is 1. The Morgan fingerprint density at radius 2 is 2.07 bits per heavy atom. The number of amides is 2. The fourth-order valence-electron chi connectivity index (χ4n) is 3.02. The second kappa shape index (κ2) is 7.63. The van der Waals surface area contributed by atoms with Crippen LogP contribution in [0.2, 0.25) is 0 Å². The third-order valence-corrected chi connectivity index (χ3v) is 4.45. The summed E-state index contributed by atoms with van der Waals surface area (Å²) >= 11 is 0. The monoisotopic (exact) mass is 388 g/mol. The number of aliphatic carboxylic acids is 1. The average molecular weight is 388 g/mol. The first-order valence-corrected chi connectivity index (χ1v) is 8.48. The first kappa shape index (κ1) is 19.3. The van der Waals surface area contributed by atoms with E-state index in [0.29, 0.717) is 5.56 Å².